The van der Waals surface area contributed by atoms with Crippen molar-refractivity contribution in [2.24, 2.45) is 5.73 Å². The number of anilines is 1. The molecule has 0 fully saturated rings. The van der Waals surface area contributed by atoms with Crippen molar-refractivity contribution < 1.29 is 24.5 Å². The van der Waals surface area contributed by atoms with Gasteiger partial charge in [-0.05, 0) is 44.5 Å². The van der Waals surface area contributed by atoms with E-state index in [1.54, 1.807) is 13.2 Å². The maximum atomic E-state index is 9.55. The molecule has 8 nitrogen and oxygen atoms in total. The number of nitrogens with one attached hydrogen (secondary N) is 1. The van der Waals surface area contributed by atoms with Crippen molar-refractivity contribution in [3.05, 3.63) is 41.6 Å². The second-order valence-corrected chi connectivity index (χ2v) is 6.25. The quantitative estimate of drug-likeness (QED) is 0.385. The summed E-state index contributed by atoms with van der Waals surface area (Å²) in [6, 6.07) is 7.95. The fourth-order valence-electron chi connectivity index (χ4n) is 2.32. The Bertz CT molecular complexity index is 826. The maximum Gasteiger partial charge on any atom is 0.328 e. The predicted molar refractivity (Wildman–Crippen MR) is 109 cm³/mol. The second-order valence-electron chi connectivity index (χ2n) is 5.87. The van der Waals surface area contributed by atoms with Crippen LogP contribution in [0, 0.1) is 0 Å². The first kappa shape index (κ1) is 23.2. The Hall–Kier alpha value is -2.84. The summed E-state index contributed by atoms with van der Waals surface area (Å²) in [6.45, 7) is 2.83. The number of halogens is 1. The van der Waals surface area contributed by atoms with E-state index >= 15 is 0 Å². The van der Waals surface area contributed by atoms with E-state index in [1.165, 1.54) is 0 Å². The largest absolute Gasteiger partial charge is 0.497 e. The van der Waals surface area contributed by atoms with Gasteiger partial charge in [0.2, 0.25) is 0 Å². The highest BCUT2D eigenvalue weighted by Gasteiger charge is 2.09. The Morgan fingerprint density at radius 2 is 1.93 bits per heavy atom. The van der Waals surface area contributed by atoms with Crippen molar-refractivity contribution in [2.75, 3.05) is 19.0 Å². The molecule has 0 bridgehead atoms. The number of benzene rings is 1. The molecule has 0 aliphatic carbocycles. The number of carboxylic acids is 2. The van der Waals surface area contributed by atoms with Gasteiger partial charge in [-0.1, -0.05) is 11.6 Å². The Labute approximate surface area is 168 Å². The van der Waals surface area contributed by atoms with Crippen LogP contribution in [0.1, 0.15) is 19.8 Å². The number of carbonyl (C=O) groups is 2. The van der Waals surface area contributed by atoms with Crippen molar-refractivity contribution in [1.29, 1.82) is 0 Å². The van der Waals surface area contributed by atoms with E-state index in [0.29, 0.717) is 29.9 Å². The normalized spacial score (nSPS) is 11.6. The van der Waals surface area contributed by atoms with E-state index in [4.69, 9.17) is 32.3 Å². The lowest BCUT2D eigenvalue weighted by Gasteiger charge is -2.17. The minimum atomic E-state index is -1.26. The standard InChI is InChI=1S/C15H20ClN3O.C4H4O4/c1-10(4-3-7-17)18-13-9-12(20-2)8-11-5-6-14(16)19-15(11)13;5-3(6)1-2-4(7)8/h5-6,8-10,18H,3-4,7,17H2,1-2H3;1-2H,(H,5,6)(H,7,8)/b;2-1-. The number of fused-ring (bicyclic) bond motifs is 1. The third kappa shape index (κ3) is 8.24. The first-order valence-corrected chi connectivity index (χ1v) is 8.89. The minimum Gasteiger partial charge on any atom is -0.497 e. The van der Waals surface area contributed by atoms with Crippen molar-refractivity contribution in [1.82, 2.24) is 4.98 Å². The summed E-state index contributed by atoms with van der Waals surface area (Å²) in [5, 5.41) is 20.6. The second kappa shape index (κ2) is 11.8. The Morgan fingerprint density at radius 1 is 1.29 bits per heavy atom. The highest BCUT2D eigenvalue weighted by atomic mass is 35.5. The van der Waals surface area contributed by atoms with E-state index < -0.39 is 11.9 Å². The van der Waals surface area contributed by atoms with Gasteiger partial charge in [-0.15, -0.1) is 0 Å². The zero-order chi connectivity index (χ0) is 21.1. The van der Waals surface area contributed by atoms with Crippen LogP contribution in [0.4, 0.5) is 5.69 Å². The smallest absolute Gasteiger partial charge is 0.328 e. The van der Waals surface area contributed by atoms with Crippen LogP contribution >= 0.6 is 11.6 Å². The van der Waals surface area contributed by atoms with E-state index in [0.717, 1.165) is 35.2 Å². The predicted octanol–water partition coefficient (Wildman–Crippen LogP) is 3.15. The Morgan fingerprint density at radius 3 is 2.46 bits per heavy atom. The first-order chi connectivity index (χ1) is 13.3. The number of hydrogen-bond acceptors (Lipinski definition) is 6. The maximum absolute atomic E-state index is 9.55. The first-order valence-electron chi connectivity index (χ1n) is 8.51. The summed E-state index contributed by atoms with van der Waals surface area (Å²) >= 11 is 6.00. The van der Waals surface area contributed by atoms with Gasteiger partial charge >= 0.3 is 11.9 Å². The lowest BCUT2D eigenvalue weighted by atomic mass is 10.1. The molecule has 0 aliphatic rings. The van der Waals surface area contributed by atoms with Crippen molar-refractivity contribution in [3.8, 4) is 5.75 Å². The average Bonchev–Trinajstić information content (AvgIpc) is 2.65. The van der Waals surface area contributed by atoms with Crippen LogP contribution in [0.5, 0.6) is 5.75 Å². The molecule has 152 valence electrons. The van der Waals surface area contributed by atoms with Crippen LogP contribution in [-0.2, 0) is 9.59 Å². The van der Waals surface area contributed by atoms with Crippen molar-refractivity contribution >= 4 is 40.1 Å². The Balaban J connectivity index is 0.000000416. The molecular formula is C19H24ClN3O5. The number of aliphatic carboxylic acids is 2. The highest BCUT2D eigenvalue weighted by molar-refractivity contribution is 6.29. The van der Waals surface area contributed by atoms with E-state index in [-0.39, 0.29) is 0 Å². The summed E-state index contributed by atoms with van der Waals surface area (Å²) in [4.78, 5) is 23.5. The molecule has 1 unspecified atom stereocenters. The number of nitrogens with two attached hydrogens (primary N) is 1. The zero-order valence-electron chi connectivity index (χ0n) is 15.7. The fourth-order valence-corrected chi connectivity index (χ4v) is 2.46. The lowest BCUT2D eigenvalue weighted by Crippen LogP contribution is -2.17. The molecule has 2 aromatic rings. The van der Waals surface area contributed by atoms with Gasteiger partial charge in [0, 0.05) is 29.6 Å². The third-order valence-corrected chi connectivity index (χ3v) is 3.79. The molecule has 0 aliphatic heterocycles. The van der Waals surface area contributed by atoms with Crippen LogP contribution in [0.15, 0.2) is 36.4 Å². The summed E-state index contributed by atoms with van der Waals surface area (Å²) < 4.78 is 5.34. The molecule has 1 atom stereocenters. The lowest BCUT2D eigenvalue weighted by molar-refractivity contribution is -0.134. The number of methoxy groups -OCH3 is 1. The number of carboxylic acid groups (broad SMARTS) is 2. The Kier molecular flexibility index (Phi) is 9.76. The molecule has 0 saturated carbocycles. The van der Waals surface area contributed by atoms with E-state index in [2.05, 4.69) is 17.2 Å². The molecule has 5 N–H and O–H groups in total. The average molecular weight is 410 g/mol. The molecule has 0 saturated heterocycles. The highest BCUT2D eigenvalue weighted by Crippen LogP contribution is 2.29. The third-order valence-electron chi connectivity index (χ3n) is 3.58. The molecule has 1 heterocycles. The van der Waals surface area contributed by atoms with Gasteiger partial charge in [0.05, 0.1) is 18.3 Å². The molecule has 0 amide bonds. The van der Waals surface area contributed by atoms with Gasteiger partial charge in [-0.3, -0.25) is 0 Å². The molecule has 0 spiro atoms. The van der Waals surface area contributed by atoms with E-state index in [1.807, 2.05) is 18.2 Å². The van der Waals surface area contributed by atoms with Crippen molar-refractivity contribution in [3.63, 3.8) is 0 Å². The fraction of sp³-hybridized carbons (Fsp3) is 0.316. The van der Waals surface area contributed by atoms with Gasteiger partial charge in [0.15, 0.2) is 0 Å². The SMILES string of the molecule is COc1cc(NC(C)CCCN)c2nc(Cl)ccc2c1.O=C(O)/C=C\C(=O)O. The number of aromatic nitrogens is 1. The van der Waals surface area contributed by atoms with Crippen LogP contribution in [-0.4, -0.2) is 46.8 Å². The van der Waals surface area contributed by atoms with Crippen LogP contribution in [0.2, 0.25) is 5.15 Å². The summed E-state index contributed by atoms with van der Waals surface area (Å²) in [5.41, 5.74) is 7.34. The van der Waals surface area contributed by atoms with Gasteiger partial charge < -0.3 is 26.0 Å². The number of ether oxygens (including phenoxy) is 1. The monoisotopic (exact) mass is 409 g/mol. The molecule has 1 aromatic heterocycles. The topological polar surface area (TPSA) is 135 Å². The van der Waals surface area contributed by atoms with Gasteiger partial charge in [-0.25, -0.2) is 14.6 Å². The van der Waals surface area contributed by atoms with Gasteiger partial charge in [-0.2, -0.15) is 0 Å². The number of pyridine rings is 1. The summed E-state index contributed by atoms with van der Waals surface area (Å²) in [5.74, 6) is -1.71. The zero-order valence-corrected chi connectivity index (χ0v) is 16.4. The van der Waals surface area contributed by atoms with Gasteiger partial charge in [0.1, 0.15) is 10.9 Å². The molecule has 28 heavy (non-hydrogen) atoms. The van der Waals surface area contributed by atoms with Gasteiger partial charge in [0.25, 0.3) is 0 Å². The molecule has 0 radical (unpaired) electrons. The summed E-state index contributed by atoms with van der Waals surface area (Å²) in [7, 11) is 1.66. The molecule has 2 rings (SSSR count). The molecule has 1 aromatic carbocycles. The number of hydrogen-bond donors (Lipinski definition) is 4. The summed E-state index contributed by atoms with van der Waals surface area (Å²) in [6.07, 6.45) is 3.12. The number of rotatable bonds is 8. The van der Waals surface area contributed by atoms with Crippen LogP contribution < -0.4 is 15.8 Å². The molecular weight excluding hydrogens is 386 g/mol. The number of nitrogens with zero attached hydrogens (tertiary/aromatic N) is 1. The van der Waals surface area contributed by atoms with Crippen molar-refractivity contribution in [2.45, 2.75) is 25.8 Å². The van der Waals surface area contributed by atoms with E-state index in [9.17, 15) is 9.59 Å². The van der Waals surface area contributed by atoms with Crippen LogP contribution in [0.25, 0.3) is 10.9 Å². The molecule has 9 heteroatoms. The minimum absolute atomic E-state index is 0.314. The van der Waals surface area contributed by atoms with Crippen LogP contribution in [0.3, 0.4) is 0 Å².